The minimum Gasteiger partial charge on any atom is -0.313 e. The molecule has 2 aliphatic rings. The number of hydrogen-bond acceptors (Lipinski definition) is 1. The van der Waals surface area contributed by atoms with Crippen LogP contribution in [0.3, 0.4) is 0 Å². The van der Waals surface area contributed by atoms with E-state index >= 15 is 0 Å². The molecule has 2 saturated carbocycles. The molecule has 0 bridgehead atoms. The van der Waals surface area contributed by atoms with Crippen molar-refractivity contribution in [1.29, 1.82) is 0 Å². The molecule has 1 N–H and O–H groups in total. The van der Waals surface area contributed by atoms with Gasteiger partial charge in [0.2, 0.25) is 0 Å². The molecule has 1 unspecified atom stereocenters. The second kappa shape index (κ2) is 3.61. The van der Waals surface area contributed by atoms with Gasteiger partial charge in [-0.1, -0.05) is 20.3 Å². The molecule has 1 nitrogen and oxygen atoms in total. The number of nitrogens with one attached hydrogen (secondary N) is 1. The first-order valence-corrected chi connectivity index (χ1v) is 5.98. The summed E-state index contributed by atoms with van der Waals surface area (Å²) in [4.78, 5) is 0. The van der Waals surface area contributed by atoms with Gasteiger partial charge in [0.25, 0.3) is 0 Å². The highest BCUT2D eigenvalue weighted by molar-refractivity contribution is 4.91. The van der Waals surface area contributed by atoms with Gasteiger partial charge in [0, 0.05) is 12.6 Å². The molecule has 13 heavy (non-hydrogen) atoms. The Labute approximate surface area is 82.3 Å². The van der Waals surface area contributed by atoms with E-state index in [1.165, 1.54) is 45.1 Å². The molecular weight excluding hydrogens is 158 g/mol. The Morgan fingerprint density at radius 3 is 2.31 bits per heavy atom. The summed E-state index contributed by atoms with van der Waals surface area (Å²) in [7, 11) is 0. The third-order valence-corrected chi connectivity index (χ3v) is 4.27. The van der Waals surface area contributed by atoms with Crippen molar-refractivity contribution in [2.24, 2.45) is 11.3 Å². The number of rotatable bonds is 5. The molecule has 0 aromatic carbocycles. The van der Waals surface area contributed by atoms with E-state index in [0.717, 1.165) is 12.0 Å². The predicted octanol–water partition coefficient (Wildman–Crippen LogP) is 2.95. The molecule has 0 aliphatic heterocycles. The van der Waals surface area contributed by atoms with E-state index in [2.05, 4.69) is 19.2 Å². The topological polar surface area (TPSA) is 12.0 Å². The minimum absolute atomic E-state index is 0.598. The molecular formula is C12H23N. The van der Waals surface area contributed by atoms with E-state index in [9.17, 15) is 0 Å². The molecule has 76 valence electrons. The molecule has 2 aliphatic carbocycles. The fraction of sp³-hybridized carbons (Fsp3) is 1.00. The third-order valence-electron chi connectivity index (χ3n) is 4.27. The van der Waals surface area contributed by atoms with Crippen LogP contribution >= 0.6 is 0 Å². The van der Waals surface area contributed by atoms with Gasteiger partial charge in [-0.05, 0) is 43.4 Å². The lowest BCUT2D eigenvalue weighted by Crippen LogP contribution is -2.41. The maximum atomic E-state index is 3.70. The summed E-state index contributed by atoms with van der Waals surface area (Å²) in [6, 6.07) is 0.881. The van der Waals surface area contributed by atoms with Crippen molar-refractivity contribution in [3.8, 4) is 0 Å². The van der Waals surface area contributed by atoms with E-state index in [0.29, 0.717) is 5.41 Å². The van der Waals surface area contributed by atoms with Gasteiger partial charge in [0.1, 0.15) is 0 Å². The summed E-state index contributed by atoms with van der Waals surface area (Å²) in [6.07, 6.45) is 8.63. The van der Waals surface area contributed by atoms with E-state index in [1.807, 2.05) is 0 Å². The lowest BCUT2D eigenvalue weighted by Gasteiger charge is -2.43. The average Bonchev–Trinajstić information content (AvgIpc) is 2.80. The predicted molar refractivity (Wildman–Crippen MR) is 56.8 cm³/mol. The van der Waals surface area contributed by atoms with Gasteiger partial charge in [-0.25, -0.2) is 0 Å². The summed E-state index contributed by atoms with van der Waals surface area (Å²) in [5.41, 5.74) is 0.598. The maximum Gasteiger partial charge on any atom is 0.00684 e. The summed E-state index contributed by atoms with van der Waals surface area (Å²) in [5, 5.41) is 3.70. The summed E-state index contributed by atoms with van der Waals surface area (Å²) >= 11 is 0. The first-order chi connectivity index (χ1) is 6.24. The zero-order valence-electron chi connectivity index (χ0n) is 9.10. The van der Waals surface area contributed by atoms with Crippen LogP contribution in [-0.4, -0.2) is 12.6 Å². The average molecular weight is 181 g/mol. The Hall–Kier alpha value is -0.0400. The van der Waals surface area contributed by atoms with Crippen LogP contribution in [0.25, 0.3) is 0 Å². The van der Waals surface area contributed by atoms with Crippen LogP contribution in [0.4, 0.5) is 0 Å². The zero-order chi connectivity index (χ0) is 9.31. The fourth-order valence-electron chi connectivity index (χ4n) is 2.33. The summed E-state index contributed by atoms with van der Waals surface area (Å²) in [6.45, 7) is 6.10. The Bertz CT molecular complexity index is 170. The normalized spacial score (nSPS) is 28.2. The standard InChI is InChI=1S/C12H23N/c1-3-12(2,10-5-4-6-10)9-13-11-7-8-11/h10-11,13H,3-9H2,1-2H3. The first-order valence-electron chi connectivity index (χ1n) is 5.98. The van der Waals surface area contributed by atoms with Crippen LogP contribution in [0.1, 0.15) is 52.4 Å². The van der Waals surface area contributed by atoms with Crippen molar-refractivity contribution in [1.82, 2.24) is 5.32 Å². The smallest absolute Gasteiger partial charge is 0.00684 e. The van der Waals surface area contributed by atoms with E-state index in [1.54, 1.807) is 0 Å². The van der Waals surface area contributed by atoms with Gasteiger partial charge >= 0.3 is 0 Å². The maximum absolute atomic E-state index is 3.70. The fourth-order valence-corrected chi connectivity index (χ4v) is 2.33. The van der Waals surface area contributed by atoms with Crippen LogP contribution in [0.5, 0.6) is 0 Å². The van der Waals surface area contributed by atoms with Gasteiger partial charge in [0.05, 0.1) is 0 Å². The highest BCUT2D eigenvalue weighted by Gasteiger charge is 2.37. The lowest BCUT2D eigenvalue weighted by molar-refractivity contribution is 0.0946. The monoisotopic (exact) mass is 181 g/mol. The molecule has 0 saturated heterocycles. The quantitative estimate of drug-likeness (QED) is 0.687. The van der Waals surface area contributed by atoms with Gasteiger partial charge in [0.15, 0.2) is 0 Å². The molecule has 2 rings (SSSR count). The first kappa shape index (κ1) is 9.51. The highest BCUT2D eigenvalue weighted by Crippen LogP contribution is 2.44. The van der Waals surface area contributed by atoms with Crippen molar-refractivity contribution in [3.05, 3.63) is 0 Å². The molecule has 0 radical (unpaired) electrons. The van der Waals surface area contributed by atoms with Crippen LogP contribution in [-0.2, 0) is 0 Å². The molecule has 0 amide bonds. The highest BCUT2D eigenvalue weighted by atomic mass is 15.0. The second-order valence-electron chi connectivity index (χ2n) is 5.29. The van der Waals surface area contributed by atoms with E-state index in [-0.39, 0.29) is 0 Å². The Morgan fingerprint density at radius 2 is 1.92 bits per heavy atom. The molecule has 0 aromatic heterocycles. The zero-order valence-corrected chi connectivity index (χ0v) is 9.10. The van der Waals surface area contributed by atoms with Crippen LogP contribution in [0.15, 0.2) is 0 Å². The van der Waals surface area contributed by atoms with Crippen molar-refractivity contribution >= 4 is 0 Å². The SMILES string of the molecule is CCC(C)(CNC1CC1)C1CCC1. The summed E-state index contributed by atoms with van der Waals surface area (Å²) < 4.78 is 0. The van der Waals surface area contributed by atoms with Crippen molar-refractivity contribution in [2.75, 3.05) is 6.54 Å². The van der Waals surface area contributed by atoms with Crippen molar-refractivity contribution in [2.45, 2.75) is 58.4 Å². The van der Waals surface area contributed by atoms with Gasteiger partial charge in [-0.2, -0.15) is 0 Å². The Kier molecular flexibility index (Phi) is 2.64. The van der Waals surface area contributed by atoms with E-state index < -0.39 is 0 Å². The molecule has 0 aromatic rings. The van der Waals surface area contributed by atoms with Crippen LogP contribution < -0.4 is 5.32 Å². The van der Waals surface area contributed by atoms with Crippen LogP contribution in [0.2, 0.25) is 0 Å². The molecule has 2 fully saturated rings. The lowest BCUT2D eigenvalue weighted by atomic mass is 9.65. The van der Waals surface area contributed by atoms with Crippen molar-refractivity contribution < 1.29 is 0 Å². The minimum atomic E-state index is 0.598. The largest absolute Gasteiger partial charge is 0.313 e. The summed E-state index contributed by atoms with van der Waals surface area (Å²) in [5.74, 6) is 1.02. The molecule has 1 heteroatoms. The van der Waals surface area contributed by atoms with Gasteiger partial charge in [-0.15, -0.1) is 0 Å². The van der Waals surface area contributed by atoms with E-state index in [4.69, 9.17) is 0 Å². The number of hydrogen-bond donors (Lipinski definition) is 1. The van der Waals surface area contributed by atoms with Crippen molar-refractivity contribution in [3.63, 3.8) is 0 Å². The van der Waals surface area contributed by atoms with Gasteiger partial charge in [-0.3, -0.25) is 0 Å². The second-order valence-corrected chi connectivity index (χ2v) is 5.29. The molecule has 0 heterocycles. The van der Waals surface area contributed by atoms with Gasteiger partial charge < -0.3 is 5.32 Å². The van der Waals surface area contributed by atoms with Crippen LogP contribution in [0, 0.1) is 11.3 Å². The molecule has 1 atom stereocenters. The Morgan fingerprint density at radius 1 is 1.23 bits per heavy atom. The third kappa shape index (κ3) is 2.07. The molecule has 0 spiro atoms. The Balaban J connectivity index is 1.80.